The van der Waals surface area contributed by atoms with Crippen LogP contribution in [-0.2, 0) is 4.79 Å². The molecule has 1 aromatic rings. The molecule has 0 saturated heterocycles. The van der Waals surface area contributed by atoms with Gasteiger partial charge in [-0.1, -0.05) is 19.3 Å². The minimum Gasteiger partial charge on any atom is -0.481 e. The highest BCUT2D eigenvalue weighted by atomic mass is 19.1. The summed E-state index contributed by atoms with van der Waals surface area (Å²) < 4.78 is 26.7. The molecule has 1 amide bonds. The number of carboxylic acid groups (broad SMARTS) is 1. The summed E-state index contributed by atoms with van der Waals surface area (Å²) >= 11 is 0. The van der Waals surface area contributed by atoms with Gasteiger partial charge in [0.1, 0.15) is 11.6 Å². The molecule has 1 saturated carbocycles. The van der Waals surface area contributed by atoms with Crippen molar-refractivity contribution in [3.05, 3.63) is 35.4 Å². The molecule has 1 fully saturated rings. The van der Waals surface area contributed by atoms with Crippen molar-refractivity contribution in [2.24, 2.45) is 5.92 Å². The van der Waals surface area contributed by atoms with Gasteiger partial charge in [-0.05, 0) is 31.0 Å². The van der Waals surface area contributed by atoms with Crippen molar-refractivity contribution in [1.82, 2.24) is 5.32 Å². The van der Waals surface area contributed by atoms with Crippen LogP contribution in [0.25, 0.3) is 0 Å². The topological polar surface area (TPSA) is 66.4 Å². The van der Waals surface area contributed by atoms with Crippen LogP contribution in [-0.4, -0.2) is 23.0 Å². The third-order valence-electron chi connectivity index (χ3n) is 3.82. The number of rotatable bonds is 3. The third-order valence-corrected chi connectivity index (χ3v) is 3.82. The first kappa shape index (κ1) is 15.4. The Bertz CT molecular complexity index is 548. The first-order valence-electron chi connectivity index (χ1n) is 6.98. The number of benzene rings is 1. The van der Waals surface area contributed by atoms with Gasteiger partial charge >= 0.3 is 5.97 Å². The van der Waals surface area contributed by atoms with E-state index in [4.69, 9.17) is 0 Å². The number of carboxylic acids is 1. The minimum atomic E-state index is -0.970. The zero-order chi connectivity index (χ0) is 15.4. The fraction of sp³-hybridized carbons (Fsp3) is 0.467. The van der Waals surface area contributed by atoms with Crippen LogP contribution in [0.1, 0.15) is 42.5 Å². The summed E-state index contributed by atoms with van der Waals surface area (Å²) in [5, 5.41) is 11.8. The van der Waals surface area contributed by atoms with Gasteiger partial charge in [-0.3, -0.25) is 9.59 Å². The number of hydrogen-bond donors (Lipinski definition) is 2. The number of carbonyl (C=O) groups excluding carboxylic acids is 1. The van der Waals surface area contributed by atoms with Crippen LogP contribution in [0, 0.1) is 17.6 Å². The number of hydrogen-bond acceptors (Lipinski definition) is 2. The summed E-state index contributed by atoms with van der Waals surface area (Å²) in [4.78, 5) is 23.3. The van der Waals surface area contributed by atoms with E-state index in [0.717, 1.165) is 37.5 Å². The van der Waals surface area contributed by atoms with Gasteiger partial charge in [0.05, 0.1) is 11.5 Å². The molecule has 0 spiro atoms. The van der Waals surface area contributed by atoms with Crippen molar-refractivity contribution < 1.29 is 23.5 Å². The molecule has 1 aliphatic carbocycles. The van der Waals surface area contributed by atoms with Crippen molar-refractivity contribution in [2.45, 2.75) is 38.1 Å². The smallest absolute Gasteiger partial charge is 0.308 e. The van der Waals surface area contributed by atoms with E-state index in [1.165, 1.54) is 0 Å². The van der Waals surface area contributed by atoms with Gasteiger partial charge in [0.25, 0.3) is 5.91 Å². The first-order chi connectivity index (χ1) is 9.99. The molecule has 0 bridgehead atoms. The standard InChI is InChI=1S/C15H17F2NO3/c16-9-6-7-12(17)11(8-9)14(19)18-13-5-3-1-2-4-10(13)15(20)21/h6-8,10,13H,1-5H2,(H,18,19)(H,20,21). The predicted octanol–water partition coefficient (Wildman–Crippen LogP) is 2.73. The zero-order valence-electron chi connectivity index (χ0n) is 11.4. The normalized spacial score (nSPS) is 22.4. The second kappa shape index (κ2) is 6.65. The number of aliphatic carboxylic acids is 1. The van der Waals surface area contributed by atoms with Crippen LogP contribution in [0.4, 0.5) is 8.78 Å². The maximum absolute atomic E-state index is 13.6. The Morgan fingerprint density at radius 2 is 1.86 bits per heavy atom. The Morgan fingerprint density at radius 1 is 1.14 bits per heavy atom. The van der Waals surface area contributed by atoms with E-state index >= 15 is 0 Å². The van der Waals surface area contributed by atoms with Gasteiger partial charge < -0.3 is 10.4 Å². The second-order valence-corrected chi connectivity index (χ2v) is 5.29. The number of amides is 1. The summed E-state index contributed by atoms with van der Waals surface area (Å²) in [5.41, 5.74) is -0.400. The van der Waals surface area contributed by atoms with Crippen molar-refractivity contribution in [3.8, 4) is 0 Å². The summed E-state index contributed by atoms with van der Waals surface area (Å²) in [5.74, 6) is -3.97. The maximum Gasteiger partial charge on any atom is 0.308 e. The molecular weight excluding hydrogens is 280 g/mol. The summed E-state index contributed by atoms with van der Waals surface area (Å²) in [6.07, 6.45) is 3.51. The molecule has 21 heavy (non-hydrogen) atoms. The van der Waals surface area contributed by atoms with E-state index in [1.54, 1.807) is 0 Å². The van der Waals surface area contributed by atoms with Crippen LogP contribution in [0.3, 0.4) is 0 Å². The van der Waals surface area contributed by atoms with E-state index in [0.29, 0.717) is 12.8 Å². The van der Waals surface area contributed by atoms with E-state index in [-0.39, 0.29) is 0 Å². The molecule has 4 nitrogen and oxygen atoms in total. The molecule has 0 aliphatic heterocycles. The lowest BCUT2D eigenvalue weighted by atomic mass is 9.94. The lowest BCUT2D eigenvalue weighted by molar-refractivity contribution is -0.142. The fourth-order valence-electron chi connectivity index (χ4n) is 2.69. The lowest BCUT2D eigenvalue weighted by Gasteiger charge is -2.23. The van der Waals surface area contributed by atoms with Crippen LogP contribution >= 0.6 is 0 Å². The number of halogens is 2. The molecule has 0 aromatic heterocycles. The highest BCUT2D eigenvalue weighted by Gasteiger charge is 2.31. The Kier molecular flexibility index (Phi) is 4.88. The van der Waals surface area contributed by atoms with Crippen molar-refractivity contribution >= 4 is 11.9 Å². The van der Waals surface area contributed by atoms with E-state index in [9.17, 15) is 23.5 Å². The van der Waals surface area contributed by atoms with E-state index in [2.05, 4.69) is 5.32 Å². The Balaban J connectivity index is 2.16. The van der Waals surface area contributed by atoms with Crippen LogP contribution in [0.5, 0.6) is 0 Å². The largest absolute Gasteiger partial charge is 0.481 e. The zero-order valence-corrected chi connectivity index (χ0v) is 11.4. The van der Waals surface area contributed by atoms with Gasteiger partial charge in [0.2, 0.25) is 0 Å². The SMILES string of the molecule is O=C(NC1CCCCCC1C(=O)O)c1cc(F)ccc1F. The number of nitrogens with one attached hydrogen (secondary N) is 1. The van der Waals surface area contributed by atoms with E-state index < -0.39 is 41.0 Å². The molecule has 0 radical (unpaired) electrons. The van der Waals surface area contributed by atoms with Gasteiger partial charge in [-0.2, -0.15) is 0 Å². The molecule has 2 rings (SSSR count). The summed E-state index contributed by atoms with van der Waals surface area (Å²) in [7, 11) is 0. The Hall–Kier alpha value is -1.98. The van der Waals surface area contributed by atoms with Crippen molar-refractivity contribution in [2.75, 3.05) is 0 Å². The van der Waals surface area contributed by atoms with Crippen molar-refractivity contribution in [3.63, 3.8) is 0 Å². The third kappa shape index (κ3) is 3.77. The highest BCUT2D eigenvalue weighted by Crippen LogP contribution is 2.24. The molecule has 2 N–H and O–H groups in total. The average Bonchev–Trinajstić information content (AvgIpc) is 2.67. The Labute approximate surface area is 121 Å². The number of carbonyl (C=O) groups is 2. The molecular formula is C15H17F2NO3. The molecule has 114 valence electrons. The highest BCUT2D eigenvalue weighted by molar-refractivity contribution is 5.95. The molecule has 0 heterocycles. The minimum absolute atomic E-state index is 0.400. The quantitative estimate of drug-likeness (QED) is 0.843. The van der Waals surface area contributed by atoms with Gasteiger partial charge in [-0.15, -0.1) is 0 Å². The first-order valence-corrected chi connectivity index (χ1v) is 6.98. The van der Waals surface area contributed by atoms with Gasteiger partial charge in [-0.25, -0.2) is 8.78 Å². The summed E-state index contributed by atoms with van der Waals surface area (Å²) in [6, 6.07) is 2.07. The average molecular weight is 297 g/mol. The van der Waals surface area contributed by atoms with Crippen LogP contribution < -0.4 is 5.32 Å². The second-order valence-electron chi connectivity index (χ2n) is 5.29. The fourth-order valence-corrected chi connectivity index (χ4v) is 2.69. The van der Waals surface area contributed by atoms with Crippen LogP contribution in [0.2, 0.25) is 0 Å². The lowest BCUT2D eigenvalue weighted by Crippen LogP contribution is -2.43. The van der Waals surface area contributed by atoms with Crippen molar-refractivity contribution in [1.29, 1.82) is 0 Å². The maximum atomic E-state index is 13.6. The van der Waals surface area contributed by atoms with Crippen LogP contribution in [0.15, 0.2) is 18.2 Å². The Morgan fingerprint density at radius 3 is 2.57 bits per heavy atom. The van der Waals surface area contributed by atoms with E-state index in [1.807, 2.05) is 0 Å². The molecule has 1 aliphatic rings. The monoisotopic (exact) mass is 297 g/mol. The molecule has 6 heteroatoms. The predicted molar refractivity (Wildman–Crippen MR) is 71.8 cm³/mol. The van der Waals surface area contributed by atoms with Gasteiger partial charge in [0.15, 0.2) is 0 Å². The molecule has 2 unspecified atom stereocenters. The van der Waals surface area contributed by atoms with Gasteiger partial charge in [0, 0.05) is 6.04 Å². The molecule has 2 atom stereocenters. The molecule has 1 aromatic carbocycles. The summed E-state index contributed by atoms with van der Waals surface area (Å²) in [6.45, 7) is 0.